The number of aromatic nitrogens is 4. The average molecular weight is 472 g/mol. The second-order valence-corrected chi connectivity index (χ2v) is 9.48. The molecule has 1 amide bonds. The molecule has 5 rings (SSSR count). The maximum absolute atomic E-state index is 13.2. The van der Waals surface area contributed by atoms with Crippen LogP contribution in [0.3, 0.4) is 0 Å². The summed E-state index contributed by atoms with van der Waals surface area (Å²) in [5.41, 5.74) is 4.55. The van der Waals surface area contributed by atoms with Gasteiger partial charge in [-0.05, 0) is 57.0 Å². The van der Waals surface area contributed by atoms with Gasteiger partial charge in [0.15, 0.2) is 5.13 Å². The summed E-state index contributed by atoms with van der Waals surface area (Å²) in [5, 5.41) is 9.46. The predicted octanol–water partition coefficient (Wildman–Crippen LogP) is 5.14. The van der Waals surface area contributed by atoms with Crippen molar-refractivity contribution in [1.82, 2.24) is 19.3 Å². The van der Waals surface area contributed by atoms with Gasteiger partial charge in [-0.15, -0.1) is 0 Å². The number of carbonyl (C=O) groups excluding carboxylic acids is 1. The Kier molecular flexibility index (Phi) is 5.75. The minimum atomic E-state index is -0.133. The van der Waals surface area contributed by atoms with Gasteiger partial charge < -0.3 is 9.88 Å². The van der Waals surface area contributed by atoms with Gasteiger partial charge in [0.25, 0.3) is 5.56 Å². The van der Waals surface area contributed by atoms with E-state index in [1.807, 2.05) is 63.2 Å². The van der Waals surface area contributed by atoms with Crippen molar-refractivity contribution in [3.63, 3.8) is 0 Å². The third-order valence-corrected chi connectivity index (χ3v) is 7.05. The molecule has 0 fully saturated rings. The van der Waals surface area contributed by atoms with Crippen LogP contribution in [-0.4, -0.2) is 25.2 Å². The van der Waals surface area contributed by atoms with Crippen molar-refractivity contribution in [2.24, 2.45) is 0 Å². The van der Waals surface area contributed by atoms with Gasteiger partial charge in [-0.1, -0.05) is 35.6 Å². The van der Waals surface area contributed by atoms with E-state index in [0.717, 1.165) is 32.7 Å². The largest absolute Gasteiger partial charge is 0.348 e. The van der Waals surface area contributed by atoms with Crippen molar-refractivity contribution in [1.29, 1.82) is 0 Å². The van der Waals surface area contributed by atoms with Crippen LogP contribution in [0, 0.1) is 20.8 Å². The molecule has 2 aromatic carbocycles. The second-order valence-electron chi connectivity index (χ2n) is 8.45. The number of amides is 1. The van der Waals surface area contributed by atoms with Crippen LogP contribution in [0.25, 0.3) is 26.7 Å². The Bertz CT molecular complexity index is 1580. The van der Waals surface area contributed by atoms with Crippen molar-refractivity contribution >= 4 is 43.4 Å². The van der Waals surface area contributed by atoms with Gasteiger partial charge in [-0.25, -0.2) is 4.98 Å². The molecule has 0 aliphatic rings. The maximum Gasteiger partial charge on any atom is 0.281 e. The van der Waals surface area contributed by atoms with Gasteiger partial charge in [0.05, 0.1) is 27.5 Å². The Hall–Kier alpha value is -3.78. The van der Waals surface area contributed by atoms with Crippen molar-refractivity contribution in [3.8, 4) is 5.69 Å². The van der Waals surface area contributed by atoms with Crippen LogP contribution in [0.2, 0.25) is 0 Å². The van der Waals surface area contributed by atoms with Crippen molar-refractivity contribution in [2.75, 3.05) is 5.32 Å². The van der Waals surface area contributed by atoms with Crippen LogP contribution in [0.4, 0.5) is 5.13 Å². The molecule has 0 spiro atoms. The summed E-state index contributed by atoms with van der Waals surface area (Å²) >= 11 is 1.49. The van der Waals surface area contributed by atoms with Crippen LogP contribution in [0.15, 0.2) is 59.5 Å². The Morgan fingerprint density at radius 3 is 2.65 bits per heavy atom. The van der Waals surface area contributed by atoms with Gasteiger partial charge in [0, 0.05) is 29.7 Å². The number of hydrogen-bond acceptors (Lipinski definition) is 5. The monoisotopic (exact) mass is 471 g/mol. The summed E-state index contributed by atoms with van der Waals surface area (Å²) < 4.78 is 4.61. The predicted molar refractivity (Wildman–Crippen MR) is 137 cm³/mol. The second kappa shape index (κ2) is 8.87. The fraction of sp³-hybridized carbons (Fsp3) is 0.231. The molecule has 0 radical (unpaired) electrons. The number of thiazole rings is 1. The minimum absolute atomic E-state index is 0.0594. The number of fused-ring (bicyclic) bond motifs is 2. The summed E-state index contributed by atoms with van der Waals surface area (Å²) in [6, 6.07) is 15.5. The molecule has 0 aliphatic carbocycles. The highest BCUT2D eigenvalue weighted by molar-refractivity contribution is 7.22. The SMILES string of the molecule is Cc1ccc2nc(NC(=O)CCCn3c(C)c4cnn(-c5ccccc5)c(=O)c4c3C)sc2c1. The van der Waals surface area contributed by atoms with Gasteiger partial charge in [-0.3, -0.25) is 9.59 Å². The summed E-state index contributed by atoms with van der Waals surface area (Å²) in [4.78, 5) is 30.2. The summed E-state index contributed by atoms with van der Waals surface area (Å²) in [5.74, 6) is -0.0594. The van der Waals surface area contributed by atoms with E-state index in [9.17, 15) is 9.59 Å². The fourth-order valence-electron chi connectivity index (χ4n) is 4.36. The number of nitrogens with zero attached hydrogens (tertiary/aromatic N) is 4. The van der Waals surface area contributed by atoms with Crippen molar-refractivity contribution in [3.05, 3.63) is 82.0 Å². The molecule has 34 heavy (non-hydrogen) atoms. The first-order valence-electron chi connectivity index (χ1n) is 11.2. The number of nitrogens with one attached hydrogen (secondary N) is 1. The van der Waals surface area contributed by atoms with E-state index in [1.54, 1.807) is 6.20 Å². The molecule has 5 aromatic rings. The molecule has 0 saturated carbocycles. The zero-order valence-corrected chi connectivity index (χ0v) is 20.1. The lowest BCUT2D eigenvalue weighted by Crippen LogP contribution is -2.21. The first-order chi connectivity index (χ1) is 16.4. The molecular formula is C26H25N5O2S. The maximum atomic E-state index is 13.2. The van der Waals surface area contributed by atoms with Crippen LogP contribution in [0.5, 0.6) is 0 Å². The molecule has 1 N–H and O–H groups in total. The molecule has 172 valence electrons. The van der Waals surface area contributed by atoms with Gasteiger partial charge in [0.2, 0.25) is 5.91 Å². The van der Waals surface area contributed by atoms with Gasteiger partial charge >= 0.3 is 0 Å². The molecule has 7 nitrogen and oxygen atoms in total. The molecule has 3 aromatic heterocycles. The van der Waals surface area contributed by atoms with E-state index >= 15 is 0 Å². The lowest BCUT2D eigenvalue weighted by molar-refractivity contribution is -0.116. The number of para-hydroxylation sites is 1. The standard InChI is InChI=1S/C26H25N5O2S/c1-16-11-12-21-22(14-16)34-26(28-21)29-23(32)10-7-13-30-17(2)20-15-27-31(19-8-5-4-6-9-19)25(33)24(20)18(30)3/h4-6,8-9,11-12,14-15H,7,10,13H2,1-3H3,(H,28,29,32). The normalized spacial score (nSPS) is 11.4. The Morgan fingerprint density at radius 1 is 1.06 bits per heavy atom. The molecule has 0 aliphatic heterocycles. The number of hydrogen-bond donors (Lipinski definition) is 1. The molecule has 0 unspecified atom stereocenters. The van der Waals surface area contributed by atoms with Crippen LogP contribution < -0.4 is 10.9 Å². The van der Waals surface area contributed by atoms with E-state index in [1.165, 1.54) is 21.6 Å². The quantitative estimate of drug-likeness (QED) is 0.372. The Morgan fingerprint density at radius 2 is 1.85 bits per heavy atom. The summed E-state index contributed by atoms with van der Waals surface area (Å²) in [7, 11) is 0. The van der Waals surface area contributed by atoms with E-state index in [2.05, 4.69) is 26.0 Å². The Labute approximate surface area is 200 Å². The van der Waals surface area contributed by atoms with E-state index < -0.39 is 0 Å². The molecular weight excluding hydrogens is 446 g/mol. The molecule has 0 bridgehead atoms. The third kappa shape index (κ3) is 4.01. The number of carbonyl (C=O) groups is 1. The Balaban J connectivity index is 1.31. The van der Waals surface area contributed by atoms with Crippen LogP contribution in [-0.2, 0) is 11.3 Å². The highest BCUT2D eigenvalue weighted by Crippen LogP contribution is 2.27. The number of rotatable bonds is 6. The zero-order valence-electron chi connectivity index (χ0n) is 19.3. The average Bonchev–Trinajstić information content (AvgIpc) is 3.32. The lowest BCUT2D eigenvalue weighted by atomic mass is 10.2. The topological polar surface area (TPSA) is 81.8 Å². The first kappa shape index (κ1) is 22.0. The van der Waals surface area contributed by atoms with Crippen molar-refractivity contribution < 1.29 is 4.79 Å². The molecule has 0 saturated heterocycles. The highest BCUT2D eigenvalue weighted by atomic mass is 32.1. The summed E-state index contributed by atoms with van der Waals surface area (Å²) in [6.07, 6.45) is 2.78. The van der Waals surface area contributed by atoms with Gasteiger partial charge in [0.1, 0.15) is 0 Å². The number of aryl methyl sites for hydroxylation is 3. The number of benzene rings is 2. The highest BCUT2D eigenvalue weighted by Gasteiger charge is 2.17. The fourth-order valence-corrected chi connectivity index (χ4v) is 5.34. The van der Waals surface area contributed by atoms with E-state index in [4.69, 9.17) is 0 Å². The smallest absolute Gasteiger partial charge is 0.281 e. The van der Waals surface area contributed by atoms with Crippen molar-refractivity contribution in [2.45, 2.75) is 40.2 Å². The number of anilines is 1. The summed E-state index contributed by atoms with van der Waals surface area (Å²) in [6.45, 7) is 6.63. The third-order valence-electron chi connectivity index (χ3n) is 6.12. The molecule has 8 heteroatoms. The van der Waals surface area contributed by atoms with Crippen LogP contribution >= 0.6 is 11.3 Å². The van der Waals surface area contributed by atoms with Gasteiger partial charge in [-0.2, -0.15) is 9.78 Å². The molecule has 3 heterocycles. The lowest BCUT2D eigenvalue weighted by Gasteiger charge is -2.09. The minimum Gasteiger partial charge on any atom is -0.348 e. The zero-order chi connectivity index (χ0) is 23.8. The van der Waals surface area contributed by atoms with E-state index in [-0.39, 0.29) is 11.5 Å². The molecule has 0 atom stereocenters. The first-order valence-corrected chi connectivity index (χ1v) is 12.0. The van der Waals surface area contributed by atoms with E-state index in [0.29, 0.717) is 29.9 Å². The van der Waals surface area contributed by atoms with Crippen LogP contribution in [0.1, 0.15) is 29.8 Å².